The fourth-order valence-electron chi connectivity index (χ4n) is 2.24. The first-order chi connectivity index (χ1) is 11.3. The summed E-state index contributed by atoms with van der Waals surface area (Å²) in [5.74, 6) is -1.73. The molecule has 7 nitrogen and oxygen atoms in total. The van der Waals surface area contributed by atoms with Crippen LogP contribution in [-0.4, -0.2) is 21.2 Å². The zero-order chi connectivity index (χ0) is 17.4. The van der Waals surface area contributed by atoms with E-state index in [1.807, 2.05) is 0 Å². The van der Waals surface area contributed by atoms with Gasteiger partial charge in [0.05, 0.1) is 5.56 Å². The van der Waals surface area contributed by atoms with Crippen LogP contribution in [0.3, 0.4) is 0 Å². The van der Waals surface area contributed by atoms with Crippen LogP contribution in [0, 0.1) is 0 Å². The molecule has 5 N–H and O–H groups in total. The zero-order valence-corrected chi connectivity index (χ0v) is 12.1. The van der Waals surface area contributed by atoms with E-state index in [1.54, 1.807) is 6.08 Å². The SMILES string of the molecule is Nc1ncc(C2=CC=NC(N)(c3ccncc3C(F)(F)F)N2)cn1. The quantitative estimate of drug-likeness (QED) is 0.761. The van der Waals surface area contributed by atoms with Gasteiger partial charge in [0.1, 0.15) is 0 Å². The predicted octanol–water partition coefficient (Wildman–Crippen LogP) is 1.26. The highest BCUT2D eigenvalue weighted by Gasteiger charge is 2.41. The van der Waals surface area contributed by atoms with Gasteiger partial charge in [0.15, 0.2) is 0 Å². The Bertz CT molecular complexity index is 814. The largest absolute Gasteiger partial charge is 0.418 e. The number of halogens is 3. The minimum atomic E-state index is -4.61. The molecule has 3 rings (SSSR count). The second-order valence-electron chi connectivity index (χ2n) is 5.00. The number of nitrogen functional groups attached to an aromatic ring is 1. The monoisotopic (exact) mass is 335 g/mol. The Morgan fingerprint density at radius 1 is 1.12 bits per heavy atom. The molecule has 0 bridgehead atoms. The lowest BCUT2D eigenvalue weighted by Gasteiger charge is -2.33. The third-order valence-corrected chi connectivity index (χ3v) is 3.36. The van der Waals surface area contributed by atoms with Crippen LogP contribution in [0.15, 0.2) is 41.9 Å². The number of nitrogens with two attached hydrogens (primary N) is 2. The molecule has 10 heteroatoms. The molecule has 3 heterocycles. The minimum Gasteiger partial charge on any atom is -0.368 e. The number of anilines is 1. The Balaban J connectivity index is 2.00. The number of nitrogens with zero attached hydrogens (tertiary/aromatic N) is 4. The highest BCUT2D eigenvalue weighted by molar-refractivity contribution is 5.86. The molecule has 0 aliphatic carbocycles. The number of aliphatic imine (C=N–C) groups is 1. The van der Waals surface area contributed by atoms with Crippen molar-refractivity contribution in [3.8, 4) is 0 Å². The zero-order valence-electron chi connectivity index (χ0n) is 12.1. The summed E-state index contributed by atoms with van der Waals surface area (Å²) in [6.07, 6.45) is 3.05. The van der Waals surface area contributed by atoms with Gasteiger partial charge in [-0.1, -0.05) is 0 Å². The Labute approximate surface area is 134 Å². The Morgan fingerprint density at radius 3 is 2.50 bits per heavy atom. The van der Waals surface area contributed by atoms with Crippen molar-refractivity contribution in [1.29, 1.82) is 0 Å². The maximum absolute atomic E-state index is 13.2. The van der Waals surface area contributed by atoms with Crippen LogP contribution in [0.5, 0.6) is 0 Å². The third kappa shape index (κ3) is 2.91. The van der Waals surface area contributed by atoms with Crippen LogP contribution in [0.1, 0.15) is 16.7 Å². The van der Waals surface area contributed by atoms with Crippen LogP contribution < -0.4 is 16.8 Å². The number of alkyl halides is 3. The first kappa shape index (κ1) is 15.9. The van der Waals surface area contributed by atoms with Gasteiger partial charge < -0.3 is 11.1 Å². The second-order valence-corrected chi connectivity index (χ2v) is 5.00. The van der Waals surface area contributed by atoms with E-state index in [-0.39, 0.29) is 11.5 Å². The van der Waals surface area contributed by atoms with Crippen LogP contribution in [0.4, 0.5) is 19.1 Å². The highest BCUT2D eigenvalue weighted by Crippen LogP contribution is 2.36. The Morgan fingerprint density at radius 2 is 1.83 bits per heavy atom. The molecule has 1 atom stereocenters. The molecule has 124 valence electrons. The van der Waals surface area contributed by atoms with E-state index < -0.39 is 17.5 Å². The molecule has 0 fully saturated rings. The molecule has 24 heavy (non-hydrogen) atoms. The van der Waals surface area contributed by atoms with Gasteiger partial charge in [-0.3, -0.25) is 10.7 Å². The van der Waals surface area contributed by atoms with Gasteiger partial charge in [-0.25, -0.2) is 15.0 Å². The van der Waals surface area contributed by atoms with Crippen LogP contribution in [0.25, 0.3) is 5.70 Å². The summed E-state index contributed by atoms with van der Waals surface area (Å²) in [7, 11) is 0. The topological polar surface area (TPSA) is 115 Å². The molecule has 0 spiro atoms. The fraction of sp³-hybridized carbons (Fsp3) is 0.143. The van der Waals surface area contributed by atoms with Crippen molar-refractivity contribution in [3.05, 3.63) is 53.6 Å². The summed E-state index contributed by atoms with van der Waals surface area (Å²) in [5, 5.41) is 2.79. The van der Waals surface area contributed by atoms with Gasteiger partial charge >= 0.3 is 6.18 Å². The molecule has 2 aromatic rings. The number of hydrogen-bond donors (Lipinski definition) is 3. The maximum atomic E-state index is 13.2. The molecule has 0 saturated carbocycles. The number of hydrogen-bond acceptors (Lipinski definition) is 7. The van der Waals surface area contributed by atoms with Crippen LogP contribution >= 0.6 is 0 Å². The predicted molar refractivity (Wildman–Crippen MR) is 81.2 cm³/mol. The van der Waals surface area contributed by atoms with Gasteiger partial charge in [0.25, 0.3) is 0 Å². The van der Waals surface area contributed by atoms with E-state index in [0.29, 0.717) is 17.5 Å². The average molecular weight is 335 g/mol. The van der Waals surface area contributed by atoms with E-state index in [4.69, 9.17) is 11.5 Å². The molecule has 0 aromatic carbocycles. The number of rotatable bonds is 2. The molecule has 0 amide bonds. The molecular weight excluding hydrogens is 323 g/mol. The summed E-state index contributed by atoms with van der Waals surface area (Å²) in [5.41, 5.74) is 11.2. The van der Waals surface area contributed by atoms with E-state index in [2.05, 4.69) is 25.3 Å². The Hall–Kier alpha value is -3.01. The standard InChI is InChI=1S/C14H12F3N7/c15-13(16,17)10-7-20-3-1-9(10)14(19)23-4-2-11(24-14)8-5-21-12(18)22-6-8/h1-7,24H,19H2,(H2,18,21,22). The number of pyridine rings is 1. The normalized spacial score (nSPS) is 20.4. The molecule has 2 aromatic heterocycles. The summed E-state index contributed by atoms with van der Waals surface area (Å²) >= 11 is 0. The minimum absolute atomic E-state index is 0.0799. The summed E-state index contributed by atoms with van der Waals surface area (Å²) in [4.78, 5) is 15.2. The summed E-state index contributed by atoms with van der Waals surface area (Å²) < 4.78 is 39.6. The molecule has 1 aliphatic heterocycles. The van der Waals surface area contributed by atoms with Crippen molar-refractivity contribution >= 4 is 17.9 Å². The third-order valence-electron chi connectivity index (χ3n) is 3.36. The van der Waals surface area contributed by atoms with Crippen molar-refractivity contribution in [2.24, 2.45) is 10.7 Å². The molecular formula is C14H12F3N7. The van der Waals surface area contributed by atoms with Gasteiger partial charge in [-0.15, -0.1) is 0 Å². The summed E-state index contributed by atoms with van der Waals surface area (Å²) in [6.45, 7) is 0. The molecule has 0 radical (unpaired) electrons. The number of nitrogens with one attached hydrogen (secondary N) is 1. The van der Waals surface area contributed by atoms with Gasteiger partial charge in [-0.05, 0) is 12.1 Å². The van der Waals surface area contributed by atoms with Gasteiger partial charge in [0.2, 0.25) is 11.7 Å². The Kier molecular flexibility index (Phi) is 3.68. The lowest BCUT2D eigenvalue weighted by molar-refractivity contribution is -0.139. The van der Waals surface area contributed by atoms with Crippen molar-refractivity contribution in [3.63, 3.8) is 0 Å². The van der Waals surface area contributed by atoms with Crippen molar-refractivity contribution in [2.45, 2.75) is 12.0 Å². The molecule has 0 saturated heterocycles. The van der Waals surface area contributed by atoms with Crippen LogP contribution in [0.2, 0.25) is 0 Å². The number of aromatic nitrogens is 3. The van der Waals surface area contributed by atoms with Gasteiger partial charge in [0, 0.05) is 47.8 Å². The van der Waals surface area contributed by atoms with E-state index in [9.17, 15) is 13.2 Å². The lowest BCUT2D eigenvalue weighted by atomic mass is 10.0. The van der Waals surface area contributed by atoms with E-state index in [1.165, 1.54) is 30.9 Å². The van der Waals surface area contributed by atoms with E-state index >= 15 is 0 Å². The first-order valence-corrected chi connectivity index (χ1v) is 6.72. The fourth-order valence-corrected chi connectivity index (χ4v) is 2.24. The van der Waals surface area contributed by atoms with Crippen molar-refractivity contribution in [2.75, 3.05) is 5.73 Å². The average Bonchev–Trinajstić information content (AvgIpc) is 2.55. The number of allylic oxidation sites excluding steroid dienone is 1. The lowest BCUT2D eigenvalue weighted by Crippen LogP contribution is -2.50. The van der Waals surface area contributed by atoms with Crippen LogP contribution in [-0.2, 0) is 12.0 Å². The molecule has 1 aliphatic rings. The van der Waals surface area contributed by atoms with Gasteiger partial charge in [-0.2, -0.15) is 13.2 Å². The smallest absolute Gasteiger partial charge is 0.368 e. The molecule has 1 unspecified atom stereocenters. The van der Waals surface area contributed by atoms with E-state index in [0.717, 1.165) is 0 Å². The second kappa shape index (κ2) is 5.57. The first-order valence-electron chi connectivity index (χ1n) is 6.72. The summed E-state index contributed by atoms with van der Waals surface area (Å²) in [6, 6.07) is 1.18. The highest BCUT2D eigenvalue weighted by atomic mass is 19.4. The maximum Gasteiger partial charge on any atom is 0.418 e. The van der Waals surface area contributed by atoms with Crippen molar-refractivity contribution in [1.82, 2.24) is 20.3 Å². The van der Waals surface area contributed by atoms with Crippen molar-refractivity contribution < 1.29 is 13.2 Å².